The maximum Gasteiger partial charge on any atom is 0.216 e. The topological polar surface area (TPSA) is 71.5 Å². The molecule has 0 bridgehead atoms. The molecule has 15 heavy (non-hydrogen) atoms. The SMILES string of the molecule is COc1cc(OC)c(C(C)S(=O)[O-])cn1. The number of methoxy groups -OCH3 is 2. The standard InChI is InChI=1S/C9H13NO4S/c1-6(15(11)12)7-5-10-9(14-3)4-8(7)13-2/h4-6H,1-3H3,(H,11,12)/p-1. The molecular formula is C9H12NO4S-. The first-order chi connectivity index (χ1) is 7.10. The summed E-state index contributed by atoms with van der Waals surface area (Å²) in [5, 5.41) is -0.654. The molecule has 0 radical (unpaired) electrons. The Morgan fingerprint density at radius 1 is 1.47 bits per heavy atom. The summed E-state index contributed by atoms with van der Waals surface area (Å²) in [6.07, 6.45) is 1.44. The van der Waals surface area contributed by atoms with E-state index < -0.39 is 16.3 Å². The summed E-state index contributed by atoms with van der Waals surface area (Å²) in [6, 6.07) is 1.55. The van der Waals surface area contributed by atoms with Crippen LogP contribution < -0.4 is 9.47 Å². The fourth-order valence-corrected chi connectivity index (χ4v) is 1.51. The normalized spacial score (nSPS) is 14.4. The highest BCUT2D eigenvalue weighted by molar-refractivity contribution is 7.79. The van der Waals surface area contributed by atoms with Crippen LogP contribution in [0, 0.1) is 0 Å². The molecule has 84 valence electrons. The summed E-state index contributed by atoms with van der Waals surface area (Å²) in [7, 11) is 2.95. The average molecular weight is 230 g/mol. The third-order valence-corrected chi connectivity index (χ3v) is 2.86. The van der Waals surface area contributed by atoms with Gasteiger partial charge in [-0.3, -0.25) is 4.21 Å². The van der Waals surface area contributed by atoms with Gasteiger partial charge < -0.3 is 14.0 Å². The smallest absolute Gasteiger partial charge is 0.216 e. The Bertz CT molecular complexity index is 369. The Labute approximate surface area is 90.7 Å². The predicted octanol–water partition coefficient (Wildman–Crippen LogP) is 1.04. The summed E-state index contributed by atoms with van der Waals surface area (Å²) >= 11 is -2.19. The molecule has 1 aromatic heterocycles. The van der Waals surface area contributed by atoms with Crippen molar-refractivity contribution < 1.29 is 18.2 Å². The fraction of sp³-hybridized carbons (Fsp3) is 0.444. The molecule has 0 spiro atoms. The van der Waals surface area contributed by atoms with Gasteiger partial charge in [0.1, 0.15) is 5.75 Å². The molecule has 0 aliphatic rings. The van der Waals surface area contributed by atoms with Gasteiger partial charge in [-0.1, -0.05) is 0 Å². The minimum Gasteiger partial charge on any atom is -0.772 e. The van der Waals surface area contributed by atoms with Crippen LogP contribution >= 0.6 is 0 Å². The van der Waals surface area contributed by atoms with E-state index in [1.165, 1.54) is 20.4 Å². The second-order valence-electron chi connectivity index (χ2n) is 2.87. The zero-order valence-corrected chi connectivity index (χ0v) is 9.54. The van der Waals surface area contributed by atoms with Crippen LogP contribution in [0.2, 0.25) is 0 Å². The largest absolute Gasteiger partial charge is 0.772 e. The van der Waals surface area contributed by atoms with Crippen molar-refractivity contribution in [3.8, 4) is 11.6 Å². The van der Waals surface area contributed by atoms with E-state index in [2.05, 4.69) is 4.98 Å². The highest BCUT2D eigenvalue weighted by atomic mass is 32.2. The van der Waals surface area contributed by atoms with Crippen LogP contribution in [0.25, 0.3) is 0 Å². The third kappa shape index (κ3) is 2.66. The van der Waals surface area contributed by atoms with Gasteiger partial charge in [-0.05, 0) is 18.0 Å². The number of aromatic nitrogens is 1. The van der Waals surface area contributed by atoms with Gasteiger partial charge in [0, 0.05) is 23.1 Å². The van der Waals surface area contributed by atoms with Crippen molar-refractivity contribution in [2.24, 2.45) is 0 Å². The molecule has 6 heteroatoms. The fourth-order valence-electron chi connectivity index (χ4n) is 1.13. The van der Waals surface area contributed by atoms with Crippen LogP contribution in [-0.4, -0.2) is 28.0 Å². The minimum absolute atomic E-state index is 0.388. The number of rotatable bonds is 4. The molecular weight excluding hydrogens is 218 g/mol. The Hall–Kier alpha value is -1.14. The van der Waals surface area contributed by atoms with Gasteiger partial charge in [0.2, 0.25) is 5.88 Å². The zero-order valence-electron chi connectivity index (χ0n) is 8.72. The first-order valence-electron chi connectivity index (χ1n) is 4.26. The van der Waals surface area contributed by atoms with Crippen molar-refractivity contribution in [3.05, 3.63) is 17.8 Å². The summed E-state index contributed by atoms with van der Waals surface area (Å²) in [5.41, 5.74) is 0.520. The van der Waals surface area contributed by atoms with Gasteiger partial charge in [0.05, 0.1) is 14.2 Å². The van der Waals surface area contributed by atoms with E-state index in [-0.39, 0.29) is 0 Å². The highest BCUT2D eigenvalue weighted by Gasteiger charge is 2.13. The Morgan fingerprint density at radius 3 is 2.60 bits per heavy atom. The summed E-state index contributed by atoms with van der Waals surface area (Å²) < 4.78 is 31.6. The first-order valence-corrected chi connectivity index (χ1v) is 5.40. The van der Waals surface area contributed by atoms with Crippen molar-refractivity contribution in [2.75, 3.05) is 14.2 Å². The van der Waals surface area contributed by atoms with Crippen LogP contribution in [-0.2, 0) is 11.1 Å². The Morgan fingerprint density at radius 2 is 2.13 bits per heavy atom. The molecule has 2 unspecified atom stereocenters. The lowest BCUT2D eigenvalue weighted by molar-refractivity contribution is 0.379. The van der Waals surface area contributed by atoms with Crippen molar-refractivity contribution in [2.45, 2.75) is 12.2 Å². The Balaban J connectivity index is 3.12. The van der Waals surface area contributed by atoms with E-state index in [9.17, 15) is 8.76 Å². The van der Waals surface area contributed by atoms with Crippen molar-refractivity contribution in [1.29, 1.82) is 0 Å². The Kier molecular flexibility index (Phi) is 4.05. The molecule has 0 fully saturated rings. The maximum atomic E-state index is 10.8. The number of hydrogen-bond acceptors (Lipinski definition) is 5. The molecule has 0 aliphatic heterocycles. The average Bonchev–Trinajstić information content (AvgIpc) is 2.27. The van der Waals surface area contributed by atoms with Crippen molar-refractivity contribution >= 4 is 11.1 Å². The minimum atomic E-state index is -2.19. The van der Waals surface area contributed by atoms with E-state index >= 15 is 0 Å². The first kappa shape index (κ1) is 11.9. The lowest BCUT2D eigenvalue weighted by Gasteiger charge is -2.17. The van der Waals surface area contributed by atoms with Gasteiger partial charge in [0.25, 0.3) is 0 Å². The summed E-state index contributed by atoms with van der Waals surface area (Å²) in [4.78, 5) is 3.93. The van der Waals surface area contributed by atoms with E-state index in [1.54, 1.807) is 13.0 Å². The van der Waals surface area contributed by atoms with Crippen LogP contribution in [0.4, 0.5) is 0 Å². The van der Waals surface area contributed by atoms with E-state index in [4.69, 9.17) is 9.47 Å². The predicted molar refractivity (Wildman–Crippen MR) is 54.7 cm³/mol. The van der Waals surface area contributed by atoms with Gasteiger partial charge in [-0.15, -0.1) is 0 Å². The number of nitrogens with zero attached hydrogens (tertiary/aromatic N) is 1. The highest BCUT2D eigenvalue weighted by Crippen LogP contribution is 2.29. The molecule has 0 saturated carbocycles. The second kappa shape index (κ2) is 5.09. The van der Waals surface area contributed by atoms with Crippen molar-refractivity contribution in [1.82, 2.24) is 4.98 Å². The van der Waals surface area contributed by atoms with Gasteiger partial charge in [-0.25, -0.2) is 4.98 Å². The van der Waals surface area contributed by atoms with E-state index in [0.717, 1.165) is 0 Å². The van der Waals surface area contributed by atoms with Crippen LogP contribution in [0.5, 0.6) is 11.6 Å². The van der Waals surface area contributed by atoms with Gasteiger partial charge in [0.15, 0.2) is 0 Å². The van der Waals surface area contributed by atoms with E-state index in [0.29, 0.717) is 17.2 Å². The molecule has 0 aliphatic carbocycles. The zero-order chi connectivity index (χ0) is 11.4. The molecule has 1 rings (SSSR count). The van der Waals surface area contributed by atoms with Gasteiger partial charge >= 0.3 is 0 Å². The number of ether oxygens (including phenoxy) is 2. The summed E-state index contributed by atoms with van der Waals surface area (Å²) in [6.45, 7) is 1.56. The van der Waals surface area contributed by atoms with Crippen LogP contribution in [0.3, 0.4) is 0 Å². The molecule has 1 aromatic rings. The van der Waals surface area contributed by atoms with Crippen LogP contribution in [0.1, 0.15) is 17.7 Å². The van der Waals surface area contributed by atoms with Crippen LogP contribution in [0.15, 0.2) is 12.3 Å². The summed E-state index contributed by atoms with van der Waals surface area (Å²) in [5.74, 6) is 0.845. The van der Waals surface area contributed by atoms with Gasteiger partial charge in [-0.2, -0.15) is 0 Å². The molecule has 1 heterocycles. The lowest BCUT2D eigenvalue weighted by atomic mass is 10.2. The monoisotopic (exact) mass is 230 g/mol. The van der Waals surface area contributed by atoms with Crippen molar-refractivity contribution in [3.63, 3.8) is 0 Å². The number of hydrogen-bond donors (Lipinski definition) is 0. The third-order valence-electron chi connectivity index (χ3n) is 2.03. The lowest BCUT2D eigenvalue weighted by Crippen LogP contribution is -2.04. The van der Waals surface area contributed by atoms with E-state index in [1.807, 2.05) is 0 Å². The number of pyridine rings is 1. The molecule has 0 saturated heterocycles. The molecule has 0 amide bonds. The molecule has 0 N–H and O–H groups in total. The molecule has 0 aromatic carbocycles. The maximum absolute atomic E-state index is 10.8. The second-order valence-corrected chi connectivity index (χ2v) is 4.10. The molecule has 5 nitrogen and oxygen atoms in total. The molecule has 2 atom stereocenters. The quantitative estimate of drug-likeness (QED) is 0.723.